The molecule has 150 valence electrons. The summed E-state index contributed by atoms with van der Waals surface area (Å²) in [7, 11) is 0. The molecule has 1 aliphatic heterocycles. The zero-order valence-corrected chi connectivity index (χ0v) is 16.9. The first-order valence-electron chi connectivity index (χ1n) is 10.0. The third-order valence-corrected chi connectivity index (χ3v) is 5.75. The van der Waals surface area contributed by atoms with Crippen molar-refractivity contribution in [3.05, 3.63) is 75.8 Å². The molecule has 2 aromatic carbocycles. The fourth-order valence-corrected chi connectivity index (χ4v) is 3.95. The number of aryl methyl sites for hydroxylation is 1. The van der Waals surface area contributed by atoms with Crippen molar-refractivity contribution in [3.8, 4) is 0 Å². The van der Waals surface area contributed by atoms with Gasteiger partial charge in [0, 0.05) is 25.7 Å². The molecule has 1 unspecified atom stereocenters. The van der Waals surface area contributed by atoms with Gasteiger partial charge in [-0.3, -0.25) is 19.1 Å². The monoisotopic (exact) mass is 390 g/mol. The van der Waals surface area contributed by atoms with Gasteiger partial charge in [0.05, 0.1) is 17.2 Å². The van der Waals surface area contributed by atoms with E-state index in [2.05, 4.69) is 46.4 Å². The Morgan fingerprint density at radius 1 is 1.17 bits per heavy atom. The van der Waals surface area contributed by atoms with Gasteiger partial charge in [0.25, 0.3) is 5.56 Å². The third kappa shape index (κ3) is 4.07. The first kappa shape index (κ1) is 19.3. The predicted octanol–water partition coefficient (Wildman–Crippen LogP) is 2.27. The Morgan fingerprint density at radius 3 is 2.79 bits per heavy atom. The highest BCUT2D eigenvalue weighted by atomic mass is 16.2. The van der Waals surface area contributed by atoms with E-state index in [9.17, 15) is 9.59 Å². The number of nitrogens with one attached hydrogen (secondary N) is 1. The minimum absolute atomic E-state index is 0.0226. The maximum Gasteiger partial charge on any atom is 0.261 e. The Hall–Kier alpha value is -2.99. The molecule has 0 radical (unpaired) electrons. The fourth-order valence-electron chi connectivity index (χ4n) is 3.95. The molecule has 0 saturated carbocycles. The van der Waals surface area contributed by atoms with Crippen LogP contribution in [-0.4, -0.2) is 39.5 Å². The molecule has 6 heteroatoms. The lowest BCUT2D eigenvalue weighted by Crippen LogP contribution is -2.45. The number of para-hydroxylation sites is 1. The van der Waals surface area contributed by atoms with Crippen LogP contribution in [0.3, 0.4) is 0 Å². The number of amides is 1. The van der Waals surface area contributed by atoms with Crippen LogP contribution in [-0.2, 0) is 24.3 Å². The van der Waals surface area contributed by atoms with Gasteiger partial charge in [-0.1, -0.05) is 36.4 Å². The van der Waals surface area contributed by atoms with Crippen molar-refractivity contribution >= 4 is 16.8 Å². The summed E-state index contributed by atoms with van der Waals surface area (Å²) in [5, 5.41) is 3.51. The average molecular weight is 390 g/mol. The van der Waals surface area contributed by atoms with Gasteiger partial charge in [0.2, 0.25) is 5.91 Å². The Labute approximate surface area is 170 Å². The summed E-state index contributed by atoms with van der Waals surface area (Å²) in [6.45, 7) is 6.47. The van der Waals surface area contributed by atoms with Crippen LogP contribution in [0.1, 0.15) is 23.6 Å². The molecule has 29 heavy (non-hydrogen) atoms. The summed E-state index contributed by atoms with van der Waals surface area (Å²) in [5.41, 5.74) is 4.23. The van der Waals surface area contributed by atoms with E-state index >= 15 is 0 Å². The maximum atomic E-state index is 12.7. The molecular formula is C23H26N4O2. The van der Waals surface area contributed by atoms with Gasteiger partial charge in [-0.05, 0) is 43.0 Å². The summed E-state index contributed by atoms with van der Waals surface area (Å²) in [6.07, 6.45) is 2.49. The van der Waals surface area contributed by atoms with Gasteiger partial charge >= 0.3 is 0 Å². The summed E-state index contributed by atoms with van der Waals surface area (Å²) in [6, 6.07) is 14.3. The van der Waals surface area contributed by atoms with Crippen LogP contribution in [0.4, 0.5) is 0 Å². The Bertz CT molecular complexity index is 1110. The van der Waals surface area contributed by atoms with Gasteiger partial charge in [-0.15, -0.1) is 0 Å². The van der Waals surface area contributed by atoms with Crippen LogP contribution in [0.25, 0.3) is 10.9 Å². The van der Waals surface area contributed by atoms with E-state index in [0.29, 0.717) is 17.4 Å². The Balaban J connectivity index is 1.36. The van der Waals surface area contributed by atoms with Crippen molar-refractivity contribution in [2.45, 2.75) is 39.4 Å². The maximum absolute atomic E-state index is 12.7. The van der Waals surface area contributed by atoms with Crippen molar-refractivity contribution in [2.24, 2.45) is 0 Å². The van der Waals surface area contributed by atoms with Crippen LogP contribution < -0.4 is 10.9 Å². The predicted molar refractivity (Wildman–Crippen MR) is 114 cm³/mol. The van der Waals surface area contributed by atoms with Crippen LogP contribution in [0.15, 0.2) is 53.6 Å². The molecule has 2 heterocycles. The lowest BCUT2D eigenvalue weighted by molar-refractivity contribution is -0.122. The van der Waals surface area contributed by atoms with Gasteiger partial charge < -0.3 is 5.32 Å². The van der Waals surface area contributed by atoms with Crippen molar-refractivity contribution in [3.63, 3.8) is 0 Å². The molecule has 0 saturated heterocycles. The number of hydrogen-bond acceptors (Lipinski definition) is 4. The first-order chi connectivity index (χ1) is 14.0. The minimum Gasteiger partial charge on any atom is -0.353 e. The van der Waals surface area contributed by atoms with E-state index in [1.165, 1.54) is 22.0 Å². The Kier molecular flexibility index (Phi) is 5.45. The highest BCUT2D eigenvalue weighted by molar-refractivity contribution is 5.81. The number of fused-ring (bicyclic) bond motifs is 2. The second-order valence-corrected chi connectivity index (χ2v) is 7.79. The molecule has 1 N–H and O–H groups in total. The van der Waals surface area contributed by atoms with E-state index in [1.54, 1.807) is 6.07 Å². The van der Waals surface area contributed by atoms with E-state index in [0.717, 1.165) is 25.1 Å². The highest BCUT2D eigenvalue weighted by Crippen LogP contribution is 2.20. The first-order valence-corrected chi connectivity index (χ1v) is 10.0. The summed E-state index contributed by atoms with van der Waals surface area (Å²) < 4.78 is 1.37. The molecule has 0 aliphatic carbocycles. The van der Waals surface area contributed by atoms with Gasteiger partial charge in [0.1, 0.15) is 6.54 Å². The molecule has 3 aromatic rings. The molecule has 1 aliphatic rings. The van der Waals surface area contributed by atoms with E-state index in [-0.39, 0.29) is 24.1 Å². The van der Waals surface area contributed by atoms with Crippen molar-refractivity contribution < 1.29 is 4.79 Å². The number of nitrogens with zero attached hydrogens (tertiary/aromatic N) is 3. The normalized spacial score (nSPS) is 15.1. The van der Waals surface area contributed by atoms with Gasteiger partial charge in [0.15, 0.2) is 0 Å². The van der Waals surface area contributed by atoms with E-state index < -0.39 is 0 Å². The summed E-state index contributed by atoms with van der Waals surface area (Å²) >= 11 is 0. The average Bonchev–Trinajstić information content (AvgIpc) is 2.74. The van der Waals surface area contributed by atoms with Crippen LogP contribution >= 0.6 is 0 Å². The molecule has 1 aromatic heterocycles. The lowest BCUT2D eigenvalue weighted by atomic mass is 9.99. The molecule has 6 nitrogen and oxygen atoms in total. The van der Waals surface area contributed by atoms with Crippen molar-refractivity contribution in [1.29, 1.82) is 0 Å². The number of carbonyl (C=O) groups excluding carboxylic acids is 1. The number of aromatic nitrogens is 2. The second kappa shape index (κ2) is 8.17. The standard InChI is InChI=1S/C23H26N4O2/c1-16-6-5-9-20-22(16)25-15-27(23(20)29)14-21(28)24-12-17(2)26-11-10-18-7-3-4-8-19(18)13-26/h3-9,15,17H,10-14H2,1-2H3,(H,24,28). The molecule has 0 fully saturated rings. The quantitative estimate of drug-likeness (QED) is 0.726. The topological polar surface area (TPSA) is 67.2 Å². The van der Waals surface area contributed by atoms with Crippen LogP contribution in [0.2, 0.25) is 0 Å². The summed E-state index contributed by atoms with van der Waals surface area (Å²) in [4.78, 5) is 31.8. The molecule has 0 spiro atoms. The van der Waals surface area contributed by atoms with Gasteiger partial charge in [-0.25, -0.2) is 4.98 Å². The summed E-state index contributed by atoms with van der Waals surface area (Å²) in [5.74, 6) is -0.176. The zero-order valence-electron chi connectivity index (χ0n) is 16.9. The Morgan fingerprint density at radius 2 is 1.97 bits per heavy atom. The molecule has 0 bridgehead atoms. The lowest BCUT2D eigenvalue weighted by Gasteiger charge is -2.33. The van der Waals surface area contributed by atoms with Crippen LogP contribution in [0, 0.1) is 6.92 Å². The number of hydrogen-bond donors (Lipinski definition) is 1. The largest absolute Gasteiger partial charge is 0.353 e. The minimum atomic E-state index is -0.186. The number of rotatable bonds is 5. The fraction of sp³-hybridized carbons (Fsp3) is 0.348. The molecule has 1 atom stereocenters. The van der Waals surface area contributed by atoms with E-state index in [4.69, 9.17) is 0 Å². The zero-order chi connectivity index (χ0) is 20.4. The third-order valence-electron chi connectivity index (χ3n) is 5.75. The van der Waals surface area contributed by atoms with Crippen molar-refractivity contribution in [1.82, 2.24) is 19.8 Å². The van der Waals surface area contributed by atoms with E-state index in [1.807, 2.05) is 19.1 Å². The number of carbonyl (C=O) groups is 1. The van der Waals surface area contributed by atoms with Crippen molar-refractivity contribution in [2.75, 3.05) is 13.1 Å². The van der Waals surface area contributed by atoms with Crippen LogP contribution in [0.5, 0.6) is 0 Å². The highest BCUT2D eigenvalue weighted by Gasteiger charge is 2.20. The number of benzene rings is 2. The molecule has 4 rings (SSSR count). The molecular weight excluding hydrogens is 364 g/mol. The SMILES string of the molecule is Cc1cccc2c(=O)n(CC(=O)NCC(C)N3CCc4ccccc4C3)cnc12. The van der Waals surface area contributed by atoms with Gasteiger partial charge in [-0.2, -0.15) is 0 Å². The molecule has 1 amide bonds. The second-order valence-electron chi connectivity index (χ2n) is 7.79. The smallest absolute Gasteiger partial charge is 0.261 e.